The summed E-state index contributed by atoms with van der Waals surface area (Å²) in [7, 11) is 0. The first kappa shape index (κ1) is 15.8. The average molecular weight is 295 g/mol. The Labute approximate surface area is 130 Å². The normalized spacial score (nSPS) is 11.3. The van der Waals surface area contributed by atoms with Gasteiger partial charge in [0.1, 0.15) is 11.6 Å². The largest absolute Gasteiger partial charge is 0.493 e. The Kier molecular flexibility index (Phi) is 5.32. The highest BCUT2D eigenvalue weighted by Gasteiger charge is 2.03. The second-order valence-electron chi connectivity index (χ2n) is 5.45. The van der Waals surface area contributed by atoms with Gasteiger partial charge in [-0.05, 0) is 47.4 Å². The maximum absolute atomic E-state index is 13.3. The quantitative estimate of drug-likeness (QED) is 0.579. The van der Waals surface area contributed by atoms with E-state index in [9.17, 15) is 9.65 Å². The van der Waals surface area contributed by atoms with Crippen molar-refractivity contribution < 1.29 is 9.13 Å². The van der Waals surface area contributed by atoms with Gasteiger partial charge in [0.05, 0.1) is 18.2 Å². The third-order valence-electron chi connectivity index (χ3n) is 3.03. The zero-order valence-electron chi connectivity index (χ0n) is 12.7. The molecule has 0 amide bonds. The second-order valence-corrected chi connectivity index (χ2v) is 5.45. The molecule has 0 aliphatic rings. The van der Waals surface area contributed by atoms with Crippen LogP contribution in [0.1, 0.15) is 25.0 Å². The summed E-state index contributed by atoms with van der Waals surface area (Å²) >= 11 is 0. The molecule has 112 valence electrons. The average Bonchev–Trinajstić information content (AvgIpc) is 2.51. The third kappa shape index (κ3) is 4.46. The van der Waals surface area contributed by atoms with Crippen LogP contribution in [0.5, 0.6) is 5.75 Å². The number of halogens is 1. The molecule has 0 N–H and O–H groups in total. The summed E-state index contributed by atoms with van der Waals surface area (Å²) < 4.78 is 18.9. The minimum absolute atomic E-state index is 0.351. The zero-order chi connectivity index (χ0) is 15.9. The van der Waals surface area contributed by atoms with Crippen LogP contribution in [-0.4, -0.2) is 6.61 Å². The molecule has 0 spiro atoms. The lowest BCUT2D eigenvalue weighted by atomic mass is 10.0. The van der Waals surface area contributed by atoms with Crippen LogP contribution < -0.4 is 4.74 Å². The lowest BCUT2D eigenvalue weighted by Gasteiger charge is -2.08. The van der Waals surface area contributed by atoms with E-state index in [1.165, 1.54) is 12.1 Å². The lowest BCUT2D eigenvalue weighted by molar-refractivity contribution is 0.271. The van der Waals surface area contributed by atoms with Crippen molar-refractivity contribution in [2.24, 2.45) is 5.92 Å². The smallest absolute Gasteiger partial charge is 0.123 e. The Morgan fingerprint density at radius 2 is 1.95 bits per heavy atom. The number of nitrogens with zero attached hydrogens (tertiary/aromatic N) is 1. The van der Waals surface area contributed by atoms with Crippen LogP contribution in [0.25, 0.3) is 11.6 Å². The summed E-state index contributed by atoms with van der Waals surface area (Å²) in [6.45, 7) is 4.85. The molecule has 0 saturated carbocycles. The number of ether oxygens (including phenoxy) is 1. The minimum atomic E-state index is -0.351. The predicted molar refractivity (Wildman–Crippen MR) is 86.7 cm³/mol. The van der Waals surface area contributed by atoms with Crippen molar-refractivity contribution in [2.45, 2.75) is 13.8 Å². The Hall–Kier alpha value is -2.60. The molecule has 2 aromatic carbocycles. The molecule has 0 aromatic heterocycles. The maximum Gasteiger partial charge on any atom is 0.123 e. The first-order chi connectivity index (χ1) is 10.6. The molecular formula is C19H18FNO. The molecule has 3 heteroatoms. The van der Waals surface area contributed by atoms with Gasteiger partial charge in [-0.1, -0.05) is 38.1 Å². The molecule has 0 unspecified atom stereocenters. The van der Waals surface area contributed by atoms with E-state index in [0.717, 1.165) is 11.3 Å². The number of hydrogen-bond acceptors (Lipinski definition) is 2. The van der Waals surface area contributed by atoms with E-state index in [0.29, 0.717) is 23.7 Å². The van der Waals surface area contributed by atoms with Gasteiger partial charge < -0.3 is 4.74 Å². The van der Waals surface area contributed by atoms with Gasteiger partial charge in [0.25, 0.3) is 0 Å². The number of allylic oxidation sites excluding steroid dienone is 1. The molecule has 0 heterocycles. The Balaban J connectivity index is 2.18. The number of benzene rings is 2. The van der Waals surface area contributed by atoms with Crippen molar-refractivity contribution >= 4 is 11.6 Å². The summed E-state index contributed by atoms with van der Waals surface area (Å²) in [5.74, 6) is 0.920. The molecule has 0 aliphatic carbocycles. The van der Waals surface area contributed by atoms with Crippen LogP contribution >= 0.6 is 0 Å². The predicted octanol–water partition coefficient (Wildman–Crippen LogP) is 4.92. The topological polar surface area (TPSA) is 33.0 Å². The zero-order valence-corrected chi connectivity index (χ0v) is 12.7. The van der Waals surface area contributed by atoms with Gasteiger partial charge in [0.15, 0.2) is 0 Å². The van der Waals surface area contributed by atoms with Gasteiger partial charge in [-0.3, -0.25) is 0 Å². The van der Waals surface area contributed by atoms with Gasteiger partial charge in [-0.25, -0.2) is 4.39 Å². The highest BCUT2D eigenvalue weighted by Crippen LogP contribution is 2.20. The van der Waals surface area contributed by atoms with Crippen LogP contribution in [0, 0.1) is 23.1 Å². The lowest BCUT2D eigenvalue weighted by Crippen LogP contribution is -2.04. The standard InChI is InChI=1S/C19H18FNO/c1-14(2)13-22-19-8-6-15(7-9-19)10-17(12-21)16-4-3-5-18(20)11-16/h3-11,14H,13H2,1-2H3/b17-10+. The molecule has 2 nitrogen and oxygen atoms in total. The Morgan fingerprint density at radius 1 is 1.23 bits per heavy atom. The van der Waals surface area contributed by atoms with Crippen LogP contribution in [-0.2, 0) is 0 Å². The van der Waals surface area contributed by atoms with E-state index in [1.54, 1.807) is 18.2 Å². The van der Waals surface area contributed by atoms with Crippen molar-refractivity contribution in [3.8, 4) is 11.8 Å². The van der Waals surface area contributed by atoms with Crippen molar-refractivity contribution in [3.63, 3.8) is 0 Å². The SMILES string of the molecule is CC(C)COc1ccc(/C=C(\C#N)c2cccc(F)c2)cc1. The van der Waals surface area contributed by atoms with E-state index in [-0.39, 0.29) is 5.82 Å². The maximum atomic E-state index is 13.3. The fourth-order valence-electron chi connectivity index (χ4n) is 1.93. The monoisotopic (exact) mass is 295 g/mol. The van der Waals surface area contributed by atoms with Crippen molar-refractivity contribution in [1.29, 1.82) is 5.26 Å². The Morgan fingerprint density at radius 3 is 2.55 bits per heavy atom. The van der Waals surface area contributed by atoms with Gasteiger partial charge in [-0.15, -0.1) is 0 Å². The molecule has 0 fully saturated rings. The van der Waals surface area contributed by atoms with Gasteiger partial charge in [0.2, 0.25) is 0 Å². The highest BCUT2D eigenvalue weighted by molar-refractivity contribution is 5.89. The Bertz CT molecular complexity index is 696. The molecule has 0 atom stereocenters. The molecular weight excluding hydrogens is 277 g/mol. The van der Waals surface area contributed by atoms with Crippen molar-refractivity contribution in [3.05, 3.63) is 65.5 Å². The molecule has 0 bridgehead atoms. The van der Waals surface area contributed by atoms with E-state index in [2.05, 4.69) is 19.9 Å². The summed E-state index contributed by atoms with van der Waals surface area (Å²) in [5, 5.41) is 9.27. The first-order valence-corrected chi connectivity index (χ1v) is 7.19. The summed E-state index contributed by atoms with van der Waals surface area (Å²) in [5.41, 5.74) is 1.87. The number of hydrogen-bond donors (Lipinski definition) is 0. The van der Waals surface area contributed by atoms with E-state index < -0.39 is 0 Å². The van der Waals surface area contributed by atoms with Crippen LogP contribution in [0.4, 0.5) is 4.39 Å². The van der Waals surface area contributed by atoms with Crippen LogP contribution in [0.2, 0.25) is 0 Å². The van der Waals surface area contributed by atoms with E-state index in [4.69, 9.17) is 4.74 Å². The van der Waals surface area contributed by atoms with Crippen molar-refractivity contribution in [2.75, 3.05) is 6.61 Å². The van der Waals surface area contributed by atoms with Crippen LogP contribution in [0.15, 0.2) is 48.5 Å². The van der Waals surface area contributed by atoms with Crippen molar-refractivity contribution in [1.82, 2.24) is 0 Å². The molecule has 0 aliphatic heterocycles. The van der Waals surface area contributed by atoms with Gasteiger partial charge in [0, 0.05) is 0 Å². The fraction of sp³-hybridized carbons (Fsp3) is 0.211. The first-order valence-electron chi connectivity index (χ1n) is 7.19. The van der Waals surface area contributed by atoms with Gasteiger partial charge in [-0.2, -0.15) is 5.26 Å². The summed E-state index contributed by atoms with van der Waals surface area (Å²) in [4.78, 5) is 0. The molecule has 0 saturated heterocycles. The second kappa shape index (κ2) is 7.42. The van der Waals surface area contributed by atoms with Crippen LogP contribution in [0.3, 0.4) is 0 Å². The highest BCUT2D eigenvalue weighted by atomic mass is 19.1. The summed E-state index contributed by atoms with van der Waals surface area (Å²) in [6, 6.07) is 15.6. The number of rotatable bonds is 5. The minimum Gasteiger partial charge on any atom is -0.493 e. The summed E-state index contributed by atoms with van der Waals surface area (Å²) in [6.07, 6.45) is 1.74. The number of nitriles is 1. The van der Waals surface area contributed by atoms with E-state index in [1.807, 2.05) is 24.3 Å². The molecule has 2 rings (SSSR count). The van der Waals surface area contributed by atoms with Gasteiger partial charge >= 0.3 is 0 Å². The molecule has 0 radical (unpaired) electrons. The molecule has 2 aromatic rings. The van der Waals surface area contributed by atoms with E-state index >= 15 is 0 Å². The molecule has 22 heavy (non-hydrogen) atoms. The third-order valence-corrected chi connectivity index (χ3v) is 3.03. The fourth-order valence-corrected chi connectivity index (χ4v) is 1.93.